The van der Waals surface area contributed by atoms with Gasteiger partial charge in [0.2, 0.25) is 0 Å². The zero-order valence-corrected chi connectivity index (χ0v) is 16.5. The first-order valence-corrected chi connectivity index (χ1v) is 9.76. The van der Waals surface area contributed by atoms with Crippen molar-refractivity contribution in [3.05, 3.63) is 65.5 Å². The fourth-order valence-corrected chi connectivity index (χ4v) is 3.70. The Morgan fingerprint density at radius 2 is 1.79 bits per heavy atom. The Hall–Kier alpha value is -2.44. The Kier molecular flexibility index (Phi) is 7.01. The van der Waals surface area contributed by atoms with Crippen molar-refractivity contribution in [2.75, 3.05) is 46.4 Å². The number of nitrogens with one attached hydrogen (secondary N) is 1. The highest BCUT2D eigenvalue weighted by Crippen LogP contribution is 2.29. The van der Waals surface area contributed by atoms with E-state index in [4.69, 9.17) is 4.74 Å². The number of likely N-dealkylation sites (N-methyl/N-ethyl adjacent to an activating group) is 1. The Balaban J connectivity index is 1.78. The largest absolute Gasteiger partial charge is 0.496 e. The van der Waals surface area contributed by atoms with Gasteiger partial charge in [0.15, 0.2) is 0 Å². The third kappa shape index (κ3) is 4.69. The van der Waals surface area contributed by atoms with E-state index < -0.39 is 11.7 Å². The summed E-state index contributed by atoms with van der Waals surface area (Å²) in [7, 11) is 1.66. The van der Waals surface area contributed by atoms with Crippen molar-refractivity contribution in [2.45, 2.75) is 13.0 Å². The first kappa shape index (κ1) is 20.3. The van der Waals surface area contributed by atoms with Crippen LogP contribution < -0.4 is 10.1 Å². The van der Waals surface area contributed by atoms with Crippen LogP contribution in [0.1, 0.15) is 28.9 Å². The highest BCUT2D eigenvalue weighted by molar-refractivity contribution is 5.94. The van der Waals surface area contributed by atoms with E-state index in [1.54, 1.807) is 19.2 Å². The molecule has 0 radical (unpaired) electrons. The van der Waals surface area contributed by atoms with Gasteiger partial charge in [-0.1, -0.05) is 37.3 Å². The summed E-state index contributed by atoms with van der Waals surface area (Å²) >= 11 is 0. The van der Waals surface area contributed by atoms with Crippen LogP contribution in [0.15, 0.2) is 48.5 Å². The van der Waals surface area contributed by atoms with Crippen molar-refractivity contribution in [2.24, 2.45) is 0 Å². The Labute approximate surface area is 166 Å². The van der Waals surface area contributed by atoms with Gasteiger partial charge in [-0.25, -0.2) is 4.39 Å². The SMILES string of the molecule is CCN1CCN(C(CNC(=O)c2ccccc2F)c2ccccc2OC)CC1. The number of hydrogen-bond donors (Lipinski definition) is 1. The minimum atomic E-state index is -0.509. The number of nitrogens with zero attached hydrogens (tertiary/aromatic N) is 2. The van der Waals surface area contributed by atoms with Crippen LogP contribution in [-0.2, 0) is 0 Å². The maximum atomic E-state index is 13.9. The van der Waals surface area contributed by atoms with Crippen molar-refractivity contribution in [1.82, 2.24) is 15.1 Å². The molecule has 1 amide bonds. The molecule has 2 aromatic rings. The van der Waals surface area contributed by atoms with Gasteiger partial charge in [-0.2, -0.15) is 0 Å². The van der Waals surface area contributed by atoms with Gasteiger partial charge in [0.05, 0.1) is 18.7 Å². The number of carbonyl (C=O) groups is 1. The van der Waals surface area contributed by atoms with Gasteiger partial charge in [-0.3, -0.25) is 9.69 Å². The summed E-state index contributed by atoms with van der Waals surface area (Å²) in [5, 5.41) is 2.92. The van der Waals surface area contributed by atoms with Crippen LogP contribution in [0.5, 0.6) is 5.75 Å². The van der Waals surface area contributed by atoms with E-state index in [0.29, 0.717) is 6.54 Å². The predicted molar refractivity (Wildman–Crippen MR) is 108 cm³/mol. The third-order valence-corrected chi connectivity index (χ3v) is 5.37. The molecular weight excluding hydrogens is 357 g/mol. The number of halogens is 1. The molecule has 0 aromatic heterocycles. The lowest BCUT2D eigenvalue weighted by molar-refractivity contribution is 0.0847. The third-order valence-electron chi connectivity index (χ3n) is 5.37. The Morgan fingerprint density at radius 1 is 1.11 bits per heavy atom. The quantitative estimate of drug-likeness (QED) is 0.796. The van der Waals surface area contributed by atoms with Crippen LogP contribution in [0.2, 0.25) is 0 Å². The van der Waals surface area contributed by atoms with E-state index in [2.05, 4.69) is 22.0 Å². The average Bonchev–Trinajstić information content (AvgIpc) is 2.74. The molecule has 0 saturated carbocycles. The van der Waals surface area contributed by atoms with E-state index >= 15 is 0 Å². The maximum Gasteiger partial charge on any atom is 0.254 e. The summed E-state index contributed by atoms with van der Waals surface area (Å²) in [6, 6.07) is 13.9. The number of hydrogen-bond acceptors (Lipinski definition) is 4. The molecule has 0 bridgehead atoms. The smallest absolute Gasteiger partial charge is 0.254 e. The summed E-state index contributed by atoms with van der Waals surface area (Å²) in [4.78, 5) is 17.3. The highest BCUT2D eigenvalue weighted by Gasteiger charge is 2.27. The normalized spacial score (nSPS) is 16.5. The fourth-order valence-electron chi connectivity index (χ4n) is 3.70. The second kappa shape index (κ2) is 9.66. The highest BCUT2D eigenvalue weighted by atomic mass is 19.1. The number of para-hydroxylation sites is 1. The zero-order valence-electron chi connectivity index (χ0n) is 16.5. The van der Waals surface area contributed by atoms with Crippen LogP contribution in [0, 0.1) is 5.82 Å². The Morgan fingerprint density at radius 3 is 2.46 bits per heavy atom. The first-order chi connectivity index (χ1) is 13.6. The van der Waals surface area contributed by atoms with Gasteiger partial charge in [-0.05, 0) is 24.7 Å². The van der Waals surface area contributed by atoms with Crippen molar-refractivity contribution in [3.8, 4) is 5.75 Å². The lowest BCUT2D eigenvalue weighted by atomic mass is 10.0. The number of benzene rings is 2. The molecule has 1 aliphatic rings. The van der Waals surface area contributed by atoms with Crippen molar-refractivity contribution in [3.63, 3.8) is 0 Å². The molecule has 0 aliphatic carbocycles. The predicted octanol–water partition coefficient (Wildman–Crippen LogP) is 2.94. The Bertz CT molecular complexity index is 791. The topological polar surface area (TPSA) is 44.8 Å². The number of rotatable bonds is 7. The standard InChI is InChI=1S/C22H28FN3O2/c1-3-25-12-14-26(15-13-25)20(18-9-5-7-11-21(18)28-2)16-24-22(27)17-8-4-6-10-19(17)23/h4-11,20H,3,12-16H2,1-2H3,(H,24,27). The molecule has 1 unspecified atom stereocenters. The summed E-state index contributed by atoms with van der Waals surface area (Å²) in [5.41, 5.74) is 1.10. The van der Waals surface area contributed by atoms with Crippen LogP contribution in [0.4, 0.5) is 4.39 Å². The molecule has 1 atom stereocenters. The number of methoxy groups -OCH3 is 1. The fraction of sp³-hybridized carbons (Fsp3) is 0.409. The average molecular weight is 385 g/mol. The van der Waals surface area contributed by atoms with Gasteiger partial charge in [0.1, 0.15) is 11.6 Å². The van der Waals surface area contributed by atoms with Crippen LogP contribution >= 0.6 is 0 Å². The van der Waals surface area contributed by atoms with E-state index in [1.807, 2.05) is 24.3 Å². The summed E-state index contributed by atoms with van der Waals surface area (Å²) in [6.07, 6.45) is 0. The molecule has 6 heteroatoms. The van der Waals surface area contributed by atoms with Gasteiger partial charge in [0, 0.05) is 38.3 Å². The van der Waals surface area contributed by atoms with E-state index in [1.165, 1.54) is 12.1 Å². The number of piperazine rings is 1. The second-order valence-electron chi connectivity index (χ2n) is 6.92. The van der Waals surface area contributed by atoms with Crippen molar-refractivity contribution < 1.29 is 13.9 Å². The summed E-state index contributed by atoms with van der Waals surface area (Å²) in [6.45, 7) is 7.39. The van der Waals surface area contributed by atoms with Gasteiger partial charge >= 0.3 is 0 Å². The molecule has 3 rings (SSSR count). The van der Waals surface area contributed by atoms with E-state index in [-0.39, 0.29) is 11.6 Å². The second-order valence-corrected chi connectivity index (χ2v) is 6.92. The summed E-state index contributed by atoms with van der Waals surface area (Å²) in [5.74, 6) is -0.110. The molecule has 1 saturated heterocycles. The minimum absolute atomic E-state index is 0.0362. The maximum absolute atomic E-state index is 13.9. The van der Waals surface area contributed by atoms with Crippen LogP contribution in [-0.4, -0.2) is 62.1 Å². The molecule has 1 heterocycles. The molecule has 2 aromatic carbocycles. The number of amides is 1. The van der Waals surface area contributed by atoms with E-state index in [0.717, 1.165) is 44.0 Å². The number of carbonyl (C=O) groups excluding carboxylic acids is 1. The first-order valence-electron chi connectivity index (χ1n) is 9.76. The molecule has 1 N–H and O–H groups in total. The molecular formula is C22H28FN3O2. The van der Waals surface area contributed by atoms with Crippen molar-refractivity contribution >= 4 is 5.91 Å². The van der Waals surface area contributed by atoms with Gasteiger partial charge in [-0.15, -0.1) is 0 Å². The number of ether oxygens (including phenoxy) is 1. The molecule has 1 fully saturated rings. The molecule has 5 nitrogen and oxygen atoms in total. The van der Waals surface area contributed by atoms with Crippen LogP contribution in [0.3, 0.4) is 0 Å². The molecule has 28 heavy (non-hydrogen) atoms. The van der Waals surface area contributed by atoms with Gasteiger partial charge < -0.3 is 15.0 Å². The van der Waals surface area contributed by atoms with Crippen molar-refractivity contribution in [1.29, 1.82) is 0 Å². The van der Waals surface area contributed by atoms with Crippen LogP contribution in [0.25, 0.3) is 0 Å². The zero-order chi connectivity index (χ0) is 19.9. The lowest BCUT2D eigenvalue weighted by Gasteiger charge is -2.39. The molecule has 150 valence electrons. The monoisotopic (exact) mass is 385 g/mol. The van der Waals surface area contributed by atoms with Gasteiger partial charge in [0.25, 0.3) is 5.91 Å². The van der Waals surface area contributed by atoms with E-state index in [9.17, 15) is 9.18 Å². The molecule has 1 aliphatic heterocycles. The lowest BCUT2D eigenvalue weighted by Crippen LogP contribution is -2.49. The summed E-state index contributed by atoms with van der Waals surface area (Å²) < 4.78 is 19.5. The minimum Gasteiger partial charge on any atom is -0.496 e. The molecule has 0 spiro atoms.